The third kappa shape index (κ3) is 5.55. The zero-order valence-electron chi connectivity index (χ0n) is 13.6. The molecule has 1 aromatic rings. The topological polar surface area (TPSA) is 9.23 Å². The van der Waals surface area contributed by atoms with Gasteiger partial charge in [0.05, 0.1) is 11.2 Å². The number of halogens is 2. The molecule has 1 atom stereocenters. The largest absolute Gasteiger partial charge is 3.00 e. The van der Waals surface area contributed by atoms with Crippen LogP contribution in [-0.2, 0) is 32.1 Å². The summed E-state index contributed by atoms with van der Waals surface area (Å²) in [7, 11) is 0. The molecule has 1 radical (unpaired) electrons. The van der Waals surface area contributed by atoms with Gasteiger partial charge in [-0.15, -0.1) is 6.42 Å². The van der Waals surface area contributed by atoms with E-state index < -0.39 is 0 Å². The summed E-state index contributed by atoms with van der Waals surface area (Å²) in [5, 5.41) is 0. The summed E-state index contributed by atoms with van der Waals surface area (Å²) >= 11 is 0. The molecule has 0 saturated heterocycles. The van der Waals surface area contributed by atoms with E-state index in [0.29, 0.717) is 0 Å². The van der Waals surface area contributed by atoms with Gasteiger partial charge in [0.25, 0.3) is 0 Å². The Balaban J connectivity index is 0. The number of allylic oxidation sites excluding steroid dienone is 2. The summed E-state index contributed by atoms with van der Waals surface area (Å²) in [5.41, 5.74) is 1.79. The van der Waals surface area contributed by atoms with Crippen molar-refractivity contribution in [3.05, 3.63) is 59.7 Å². The molecule has 22 heavy (non-hydrogen) atoms. The zero-order chi connectivity index (χ0) is 13.9. The summed E-state index contributed by atoms with van der Waals surface area (Å²) in [6, 6.07) is 10.5. The number of hydrogen-bond acceptors (Lipinski definition) is 1. The number of benzene rings is 1. The smallest absolute Gasteiger partial charge is 1.00 e. The van der Waals surface area contributed by atoms with Gasteiger partial charge in [0.15, 0.2) is 0 Å². The monoisotopic (exact) mass is 373 g/mol. The van der Waals surface area contributed by atoms with E-state index in [2.05, 4.69) is 70.2 Å². The van der Waals surface area contributed by atoms with Crippen LogP contribution in [-0.4, -0.2) is 5.60 Å². The predicted molar refractivity (Wildman–Crippen MR) is 79.8 cm³/mol. The van der Waals surface area contributed by atoms with E-state index in [1.165, 1.54) is 5.56 Å². The molecule has 0 bridgehead atoms. The molecule has 0 spiro atoms. The summed E-state index contributed by atoms with van der Waals surface area (Å²) in [6.07, 6.45) is 9.54. The molecule has 1 nitrogen and oxygen atoms in total. The van der Waals surface area contributed by atoms with Crippen LogP contribution in [0.4, 0.5) is 0 Å². The van der Waals surface area contributed by atoms with Crippen LogP contribution in [0.1, 0.15) is 46.1 Å². The maximum atomic E-state index is 6.49. The second kappa shape index (κ2) is 9.95. The SMILES string of the molecule is CCC(OC(C)(C)C)(C1=[C-]CC=C1)c1ccccc1.[Cl-].[Cl-].[Ti+3]. The Hall–Kier alpha value is -0.0457. The van der Waals surface area contributed by atoms with Crippen LogP contribution in [0.5, 0.6) is 0 Å². The van der Waals surface area contributed by atoms with Crippen molar-refractivity contribution in [3.8, 4) is 0 Å². The third-order valence-corrected chi connectivity index (χ3v) is 3.35. The molecule has 1 unspecified atom stereocenters. The number of hydrogen-bond donors (Lipinski definition) is 0. The number of rotatable bonds is 4. The van der Waals surface area contributed by atoms with E-state index in [1.807, 2.05) is 6.07 Å². The van der Waals surface area contributed by atoms with Crippen LogP contribution in [0.2, 0.25) is 0 Å². The molecular formula is C18H23Cl2OTi. The second-order valence-corrected chi connectivity index (χ2v) is 5.96. The first kappa shape index (κ1) is 24.2. The second-order valence-electron chi connectivity index (χ2n) is 5.96. The van der Waals surface area contributed by atoms with E-state index in [4.69, 9.17) is 4.74 Å². The van der Waals surface area contributed by atoms with Crippen molar-refractivity contribution in [1.29, 1.82) is 0 Å². The average molecular weight is 374 g/mol. The van der Waals surface area contributed by atoms with Gasteiger partial charge >= 0.3 is 21.7 Å². The molecule has 0 aliphatic heterocycles. The van der Waals surface area contributed by atoms with Gasteiger partial charge in [-0.3, -0.25) is 6.08 Å². The first-order valence-electron chi connectivity index (χ1n) is 7.01. The van der Waals surface area contributed by atoms with Crippen molar-refractivity contribution in [1.82, 2.24) is 0 Å². The molecular weight excluding hydrogens is 351 g/mol. The van der Waals surface area contributed by atoms with Gasteiger partial charge < -0.3 is 29.6 Å². The van der Waals surface area contributed by atoms with E-state index in [-0.39, 0.29) is 57.7 Å². The maximum Gasteiger partial charge on any atom is 3.00 e. The molecule has 0 heterocycles. The van der Waals surface area contributed by atoms with E-state index >= 15 is 0 Å². The van der Waals surface area contributed by atoms with Crippen LogP contribution in [0, 0.1) is 6.08 Å². The Kier molecular flexibility index (Phi) is 11.0. The molecule has 1 aliphatic rings. The Morgan fingerprint density at radius 1 is 1.09 bits per heavy atom. The van der Waals surface area contributed by atoms with E-state index in [1.54, 1.807) is 0 Å². The molecule has 119 valence electrons. The Morgan fingerprint density at radius 3 is 2.09 bits per heavy atom. The molecule has 2 rings (SSSR count). The predicted octanol–water partition coefficient (Wildman–Crippen LogP) is -1.20. The summed E-state index contributed by atoms with van der Waals surface area (Å²) in [6.45, 7) is 8.51. The summed E-state index contributed by atoms with van der Waals surface area (Å²) in [4.78, 5) is 0. The fourth-order valence-corrected chi connectivity index (χ4v) is 2.65. The Labute approximate surface area is 162 Å². The molecule has 4 heteroatoms. The van der Waals surface area contributed by atoms with Gasteiger partial charge in [0.2, 0.25) is 0 Å². The molecule has 1 aliphatic carbocycles. The van der Waals surface area contributed by atoms with Gasteiger partial charge in [0, 0.05) is 0 Å². The molecule has 1 aromatic carbocycles. The van der Waals surface area contributed by atoms with Gasteiger partial charge in [-0.1, -0.05) is 37.3 Å². The van der Waals surface area contributed by atoms with E-state index in [0.717, 1.165) is 18.4 Å². The zero-order valence-corrected chi connectivity index (χ0v) is 16.7. The molecule has 0 fully saturated rings. The van der Waals surface area contributed by atoms with Crippen molar-refractivity contribution >= 4 is 0 Å². The normalized spacial score (nSPS) is 15.7. The van der Waals surface area contributed by atoms with Crippen LogP contribution in [0.15, 0.2) is 48.1 Å². The first-order chi connectivity index (χ1) is 8.98. The molecule has 0 aromatic heterocycles. The van der Waals surface area contributed by atoms with Crippen LogP contribution >= 0.6 is 0 Å². The van der Waals surface area contributed by atoms with Crippen LogP contribution in [0.3, 0.4) is 0 Å². The van der Waals surface area contributed by atoms with Crippen molar-refractivity contribution < 1.29 is 51.3 Å². The van der Waals surface area contributed by atoms with Gasteiger partial charge in [0.1, 0.15) is 0 Å². The van der Waals surface area contributed by atoms with Crippen molar-refractivity contribution in [2.45, 2.75) is 51.7 Å². The van der Waals surface area contributed by atoms with Crippen molar-refractivity contribution in [2.24, 2.45) is 0 Å². The minimum atomic E-state index is -0.382. The standard InChI is InChI=1S/C18H23O.2ClH.Ti/c1-5-18(19-17(2,3)4,16-13-9-10-14-16)15-11-7-6-8-12-15;;;/h6-9,11-13H,5,10H2,1-4H3;2*1H;/q-1;;;+3/p-2. The van der Waals surface area contributed by atoms with E-state index in [9.17, 15) is 0 Å². The molecule has 0 N–H and O–H groups in total. The molecule has 0 saturated carbocycles. The fourth-order valence-electron chi connectivity index (χ4n) is 2.65. The number of ether oxygens (including phenoxy) is 1. The maximum absolute atomic E-state index is 6.49. The van der Waals surface area contributed by atoms with Crippen LogP contribution in [0.25, 0.3) is 0 Å². The van der Waals surface area contributed by atoms with Crippen LogP contribution < -0.4 is 24.8 Å². The summed E-state index contributed by atoms with van der Waals surface area (Å²) < 4.78 is 6.49. The van der Waals surface area contributed by atoms with Crippen molar-refractivity contribution in [2.75, 3.05) is 0 Å². The van der Waals surface area contributed by atoms with Crippen molar-refractivity contribution in [3.63, 3.8) is 0 Å². The average Bonchev–Trinajstić information content (AvgIpc) is 2.90. The summed E-state index contributed by atoms with van der Waals surface area (Å²) in [5.74, 6) is 0. The minimum Gasteiger partial charge on any atom is -1.00 e. The minimum absolute atomic E-state index is 0. The third-order valence-electron chi connectivity index (χ3n) is 3.35. The van der Waals surface area contributed by atoms with Gasteiger partial charge in [-0.2, -0.15) is 11.6 Å². The van der Waals surface area contributed by atoms with Gasteiger partial charge in [-0.05, 0) is 32.8 Å². The molecule has 0 amide bonds. The quantitative estimate of drug-likeness (QED) is 0.476. The Bertz CT molecular complexity index is 492. The van der Waals surface area contributed by atoms with Gasteiger partial charge in [-0.25, -0.2) is 6.08 Å². The first-order valence-corrected chi connectivity index (χ1v) is 7.01. The Morgan fingerprint density at radius 2 is 1.68 bits per heavy atom. The fraction of sp³-hybridized carbons (Fsp3) is 0.444.